The average Bonchev–Trinajstić information content (AvgIpc) is 2.74. The summed E-state index contributed by atoms with van der Waals surface area (Å²) in [5.41, 5.74) is 2.32. The molecule has 3 aromatic rings. The van der Waals surface area contributed by atoms with Gasteiger partial charge in [0.05, 0.1) is 6.20 Å². The van der Waals surface area contributed by atoms with Crippen molar-refractivity contribution in [2.24, 2.45) is 0 Å². The van der Waals surface area contributed by atoms with Crippen molar-refractivity contribution in [3.63, 3.8) is 0 Å². The number of para-hydroxylation sites is 1. The predicted octanol–water partition coefficient (Wildman–Crippen LogP) is 2.00. The summed E-state index contributed by atoms with van der Waals surface area (Å²) in [7, 11) is 0. The minimum atomic E-state index is 0.152. The highest BCUT2D eigenvalue weighted by atomic mass is 15.1. The van der Waals surface area contributed by atoms with E-state index in [1.165, 1.54) is 0 Å². The lowest BCUT2D eigenvalue weighted by Gasteiger charge is -2.05. The number of imidazole rings is 1. The van der Waals surface area contributed by atoms with Crippen LogP contribution in [0.5, 0.6) is 0 Å². The molecular formula is C13H9N5. The van der Waals surface area contributed by atoms with Gasteiger partial charge in [-0.2, -0.15) is 10.2 Å². The summed E-state index contributed by atoms with van der Waals surface area (Å²) in [6.45, 7) is 1.90. The van der Waals surface area contributed by atoms with Crippen LogP contribution in [0.2, 0.25) is 0 Å². The average molecular weight is 235 g/mol. The Morgan fingerprint density at radius 1 is 1.17 bits per heavy atom. The van der Waals surface area contributed by atoms with Crippen LogP contribution in [-0.2, 0) is 0 Å². The molecule has 0 bridgehead atoms. The van der Waals surface area contributed by atoms with Crippen LogP contribution in [0.25, 0.3) is 16.9 Å². The van der Waals surface area contributed by atoms with Crippen molar-refractivity contribution in [3.05, 3.63) is 48.2 Å². The molecule has 0 radical (unpaired) electrons. The van der Waals surface area contributed by atoms with Crippen LogP contribution in [0.3, 0.4) is 0 Å². The van der Waals surface area contributed by atoms with Crippen molar-refractivity contribution in [2.75, 3.05) is 0 Å². The maximum Gasteiger partial charge on any atom is 0.234 e. The van der Waals surface area contributed by atoms with E-state index >= 15 is 0 Å². The van der Waals surface area contributed by atoms with E-state index < -0.39 is 0 Å². The third kappa shape index (κ3) is 1.52. The molecule has 0 fully saturated rings. The predicted molar refractivity (Wildman–Crippen MR) is 66.1 cm³/mol. The number of aromatic nitrogens is 4. The second kappa shape index (κ2) is 3.93. The molecule has 0 amide bonds. The summed E-state index contributed by atoms with van der Waals surface area (Å²) in [5, 5.41) is 8.86. The van der Waals surface area contributed by atoms with Gasteiger partial charge in [-0.1, -0.05) is 18.2 Å². The van der Waals surface area contributed by atoms with E-state index in [4.69, 9.17) is 5.26 Å². The number of hydrogen-bond acceptors (Lipinski definition) is 4. The Morgan fingerprint density at radius 3 is 2.67 bits per heavy atom. The fourth-order valence-corrected chi connectivity index (χ4v) is 1.93. The van der Waals surface area contributed by atoms with Gasteiger partial charge >= 0.3 is 0 Å². The Labute approximate surface area is 103 Å². The second-order valence-corrected chi connectivity index (χ2v) is 3.84. The molecule has 5 heteroatoms. The number of rotatable bonds is 1. The van der Waals surface area contributed by atoms with E-state index in [1.54, 1.807) is 6.20 Å². The Kier molecular flexibility index (Phi) is 2.27. The maximum absolute atomic E-state index is 8.86. The summed E-state index contributed by atoms with van der Waals surface area (Å²) >= 11 is 0. The van der Waals surface area contributed by atoms with Gasteiger partial charge in [0.25, 0.3) is 0 Å². The van der Waals surface area contributed by atoms with Crippen LogP contribution in [0.15, 0.2) is 36.5 Å². The highest BCUT2D eigenvalue weighted by Gasteiger charge is 2.11. The molecule has 0 spiro atoms. The molecule has 0 saturated carbocycles. The maximum atomic E-state index is 8.86. The molecule has 0 aliphatic carbocycles. The quantitative estimate of drug-likeness (QED) is 0.647. The highest BCUT2D eigenvalue weighted by molar-refractivity contribution is 5.73. The van der Waals surface area contributed by atoms with Gasteiger partial charge in [0.2, 0.25) is 5.82 Å². The standard InChI is InChI=1S/C13H9N5/c1-9-16-11-8-15-12(7-14)17-13(11)18(9)10-5-3-2-4-6-10/h2-6,8H,1H3. The minimum absolute atomic E-state index is 0.152. The van der Waals surface area contributed by atoms with Crippen molar-refractivity contribution in [1.29, 1.82) is 5.26 Å². The Bertz CT molecular complexity index is 752. The molecule has 2 heterocycles. The van der Waals surface area contributed by atoms with E-state index in [9.17, 15) is 0 Å². The molecule has 0 N–H and O–H groups in total. The first-order valence-electron chi connectivity index (χ1n) is 5.47. The van der Waals surface area contributed by atoms with Crippen LogP contribution in [0, 0.1) is 18.3 Å². The lowest BCUT2D eigenvalue weighted by atomic mass is 10.3. The smallest absolute Gasteiger partial charge is 0.234 e. The van der Waals surface area contributed by atoms with E-state index in [2.05, 4.69) is 15.0 Å². The van der Waals surface area contributed by atoms with Crippen molar-refractivity contribution >= 4 is 11.2 Å². The number of aryl methyl sites for hydroxylation is 1. The van der Waals surface area contributed by atoms with Crippen LogP contribution in [-0.4, -0.2) is 19.5 Å². The largest absolute Gasteiger partial charge is 0.281 e. The third-order valence-corrected chi connectivity index (χ3v) is 2.68. The van der Waals surface area contributed by atoms with Crippen molar-refractivity contribution in [3.8, 4) is 11.8 Å². The second-order valence-electron chi connectivity index (χ2n) is 3.84. The Balaban J connectivity index is 2.35. The van der Waals surface area contributed by atoms with Gasteiger partial charge in [0.1, 0.15) is 17.4 Å². The normalized spacial score (nSPS) is 10.4. The van der Waals surface area contributed by atoms with E-state index in [-0.39, 0.29) is 5.82 Å². The van der Waals surface area contributed by atoms with Gasteiger partial charge in [-0.25, -0.2) is 9.97 Å². The first-order valence-corrected chi connectivity index (χ1v) is 5.47. The van der Waals surface area contributed by atoms with Gasteiger partial charge in [0.15, 0.2) is 5.65 Å². The Morgan fingerprint density at radius 2 is 1.94 bits per heavy atom. The van der Waals surface area contributed by atoms with E-state index in [1.807, 2.05) is 47.9 Å². The van der Waals surface area contributed by atoms with Crippen LogP contribution in [0.1, 0.15) is 11.6 Å². The zero-order chi connectivity index (χ0) is 12.5. The lowest BCUT2D eigenvalue weighted by Crippen LogP contribution is -1.99. The van der Waals surface area contributed by atoms with Gasteiger partial charge in [-0.15, -0.1) is 0 Å². The topological polar surface area (TPSA) is 67.4 Å². The highest BCUT2D eigenvalue weighted by Crippen LogP contribution is 2.18. The van der Waals surface area contributed by atoms with E-state index in [0.29, 0.717) is 11.2 Å². The summed E-state index contributed by atoms with van der Waals surface area (Å²) in [5.74, 6) is 0.972. The van der Waals surface area contributed by atoms with Gasteiger partial charge in [0, 0.05) is 5.69 Å². The monoisotopic (exact) mass is 235 g/mol. The fraction of sp³-hybridized carbons (Fsp3) is 0.0769. The fourth-order valence-electron chi connectivity index (χ4n) is 1.93. The summed E-state index contributed by atoms with van der Waals surface area (Å²) in [4.78, 5) is 12.5. The number of hydrogen-bond donors (Lipinski definition) is 0. The molecule has 0 saturated heterocycles. The van der Waals surface area contributed by atoms with Crippen molar-refractivity contribution in [2.45, 2.75) is 6.92 Å². The molecule has 2 aromatic heterocycles. The van der Waals surface area contributed by atoms with Crippen molar-refractivity contribution < 1.29 is 0 Å². The molecule has 1 aromatic carbocycles. The summed E-state index contributed by atoms with van der Waals surface area (Å²) in [6, 6.07) is 11.7. The first-order chi connectivity index (χ1) is 8.79. The first kappa shape index (κ1) is 10.4. The summed E-state index contributed by atoms with van der Waals surface area (Å²) in [6.07, 6.45) is 1.58. The zero-order valence-corrected chi connectivity index (χ0v) is 9.70. The lowest BCUT2D eigenvalue weighted by molar-refractivity contribution is 0.982. The Hall–Kier alpha value is -2.74. The van der Waals surface area contributed by atoms with E-state index in [0.717, 1.165) is 11.5 Å². The number of nitriles is 1. The molecule has 18 heavy (non-hydrogen) atoms. The van der Waals surface area contributed by atoms with Crippen LogP contribution >= 0.6 is 0 Å². The third-order valence-electron chi connectivity index (χ3n) is 2.68. The minimum Gasteiger partial charge on any atom is -0.281 e. The van der Waals surface area contributed by atoms with Gasteiger partial charge in [-0.3, -0.25) is 4.57 Å². The number of benzene rings is 1. The molecule has 3 rings (SSSR count). The molecule has 0 aliphatic rings. The molecule has 0 atom stereocenters. The molecule has 86 valence electrons. The SMILES string of the molecule is Cc1nc2cnc(C#N)nc2n1-c1ccccc1. The molecular weight excluding hydrogens is 226 g/mol. The van der Waals surface area contributed by atoms with Gasteiger partial charge in [-0.05, 0) is 19.1 Å². The molecule has 5 nitrogen and oxygen atoms in total. The zero-order valence-electron chi connectivity index (χ0n) is 9.70. The number of fused-ring (bicyclic) bond motifs is 1. The molecule has 0 aliphatic heterocycles. The summed E-state index contributed by atoms with van der Waals surface area (Å²) < 4.78 is 1.91. The van der Waals surface area contributed by atoms with Gasteiger partial charge < -0.3 is 0 Å². The number of nitrogens with zero attached hydrogens (tertiary/aromatic N) is 5. The van der Waals surface area contributed by atoms with Crippen LogP contribution in [0.4, 0.5) is 0 Å². The van der Waals surface area contributed by atoms with Crippen molar-refractivity contribution in [1.82, 2.24) is 19.5 Å². The van der Waals surface area contributed by atoms with Crippen LogP contribution < -0.4 is 0 Å². The molecule has 0 unspecified atom stereocenters.